The third-order valence-corrected chi connectivity index (χ3v) is 2.70. The Morgan fingerprint density at radius 2 is 1.95 bits per heavy atom. The number of H-pyrrole nitrogens is 1. The molecule has 0 aliphatic heterocycles. The third-order valence-electron chi connectivity index (χ3n) is 2.70. The molecule has 2 aromatic rings. The van der Waals surface area contributed by atoms with Gasteiger partial charge in [0.05, 0.1) is 5.56 Å². The van der Waals surface area contributed by atoms with Crippen LogP contribution in [0.3, 0.4) is 0 Å². The molecule has 7 heteroatoms. The number of aryl methyl sites for hydroxylation is 1. The first-order chi connectivity index (χ1) is 9.31. The summed E-state index contributed by atoms with van der Waals surface area (Å²) in [5.74, 6) is -1.13. The van der Waals surface area contributed by atoms with Crippen LogP contribution in [-0.2, 0) is 12.6 Å². The van der Waals surface area contributed by atoms with E-state index in [0.717, 1.165) is 0 Å². The van der Waals surface area contributed by atoms with Crippen LogP contribution < -0.4 is 5.56 Å². The molecule has 0 atom stereocenters. The van der Waals surface area contributed by atoms with Crippen molar-refractivity contribution in [2.45, 2.75) is 19.5 Å². The highest BCUT2D eigenvalue weighted by atomic mass is 19.4. The van der Waals surface area contributed by atoms with E-state index in [2.05, 4.69) is 9.97 Å². The lowest BCUT2D eigenvalue weighted by Crippen LogP contribution is -2.13. The first-order valence-electron chi connectivity index (χ1n) is 5.78. The van der Waals surface area contributed by atoms with Crippen molar-refractivity contribution in [1.82, 2.24) is 9.97 Å². The van der Waals surface area contributed by atoms with E-state index in [9.17, 15) is 22.4 Å². The standard InChI is InChI=1S/C13H10F4N2O/c1-2-8-6-11(20)19-12(18-8)9-5-7(14)3-4-10(9)13(15,16)17/h3-6H,2H2,1H3,(H,18,19,20). The van der Waals surface area contributed by atoms with E-state index in [1.165, 1.54) is 6.07 Å². The van der Waals surface area contributed by atoms with E-state index < -0.39 is 28.7 Å². The first-order valence-corrected chi connectivity index (χ1v) is 5.78. The molecule has 3 nitrogen and oxygen atoms in total. The molecule has 0 bridgehead atoms. The van der Waals surface area contributed by atoms with Gasteiger partial charge in [-0.2, -0.15) is 13.2 Å². The summed E-state index contributed by atoms with van der Waals surface area (Å²) in [5, 5.41) is 0. The summed E-state index contributed by atoms with van der Waals surface area (Å²) in [6, 6.07) is 3.24. The molecule has 1 N–H and O–H groups in total. The molecule has 0 spiro atoms. The van der Waals surface area contributed by atoms with Gasteiger partial charge in [-0.3, -0.25) is 4.79 Å². The Labute approximate surface area is 111 Å². The van der Waals surface area contributed by atoms with Gasteiger partial charge in [0.1, 0.15) is 11.6 Å². The van der Waals surface area contributed by atoms with Gasteiger partial charge in [-0.15, -0.1) is 0 Å². The van der Waals surface area contributed by atoms with Crippen LogP contribution in [0.2, 0.25) is 0 Å². The number of benzene rings is 1. The summed E-state index contributed by atoms with van der Waals surface area (Å²) in [6.07, 6.45) is -4.28. The largest absolute Gasteiger partial charge is 0.417 e. The SMILES string of the molecule is CCc1cc(=O)[nH]c(-c2cc(F)ccc2C(F)(F)F)n1. The van der Waals surface area contributed by atoms with E-state index in [-0.39, 0.29) is 5.82 Å². The van der Waals surface area contributed by atoms with Crippen molar-refractivity contribution in [3.05, 3.63) is 51.7 Å². The quantitative estimate of drug-likeness (QED) is 0.862. The smallest absolute Gasteiger partial charge is 0.307 e. The predicted octanol–water partition coefficient (Wildman–Crippen LogP) is 3.16. The zero-order chi connectivity index (χ0) is 14.9. The van der Waals surface area contributed by atoms with Crippen molar-refractivity contribution in [3.63, 3.8) is 0 Å². The maximum absolute atomic E-state index is 13.2. The fraction of sp³-hybridized carbons (Fsp3) is 0.231. The molecule has 20 heavy (non-hydrogen) atoms. The molecule has 2 rings (SSSR count). The van der Waals surface area contributed by atoms with Gasteiger partial charge in [-0.25, -0.2) is 9.37 Å². The van der Waals surface area contributed by atoms with Gasteiger partial charge in [-0.05, 0) is 24.6 Å². The molecular formula is C13H10F4N2O. The highest BCUT2D eigenvalue weighted by Crippen LogP contribution is 2.36. The average Bonchev–Trinajstić information content (AvgIpc) is 2.36. The van der Waals surface area contributed by atoms with Gasteiger partial charge in [0, 0.05) is 17.3 Å². The number of aromatic amines is 1. The van der Waals surface area contributed by atoms with Crippen molar-refractivity contribution in [3.8, 4) is 11.4 Å². The number of hydrogen-bond acceptors (Lipinski definition) is 2. The second-order valence-electron chi connectivity index (χ2n) is 4.13. The molecule has 0 unspecified atom stereocenters. The molecule has 0 saturated carbocycles. The average molecular weight is 286 g/mol. The Kier molecular flexibility index (Phi) is 3.61. The summed E-state index contributed by atoms with van der Waals surface area (Å²) in [6.45, 7) is 1.71. The second kappa shape index (κ2) is 5.07. The van der Waals surface area contributed by atoms with Crippen LogP contribution >= 0.6 is 0 Å². The lowest BCUT2D eigenvalue weighted by Gasteiger charge is -2.12. The van der Waals surface area contributed by atoms with E-state index >= 15 is 0 Å². The Bertz CT molecular complexity index is 692. The molecule has 0 amide bonds. The van der Waals surface area contributed by atoms with Gasteiger partial charge in [0.25, 0.3) is 5.56 Å². The van der Waals surface area contributed by atoms with Gasteiger partial charge >= 0.3 is 6.18 Å². The molecule has 0 saturated heterocycles. The van der Waals surface area contributed by atoms with Crippen LogP contribution in [0, 0.1) is 5.82 Å². The lowest BCUT2D eigenvalue weighted by atomic mass is 10.1. The summed E-state index contributed by atoms with van der Waals surface area (Å²) in [7, 11) is 0. The van der Waals surface area contributed by atoms with Crippen LogP contribution in [0.25, 0.3) is 11.4 Å². The van der Waals surface area contributed by atoms with E-state index in [1.54, 1.807) is 6.92 Å². The van der Waals surface area contributed by atoms with Crippen molar-refractivity contribution in [1.29, 1.82) is 0 Å². The van der Waals surface area contributed by atoms with Crippen LogP contribution in [0.4, 0.5) is 17.6 Å². The minimum atomic E-state index is -4.66. The van der Waals surface area contributed by atoms with Crippen LogP contribution in [0.1, 0.15) is 18.2 Å². The molecule has 106 valence electrons. The lowest BCUT2D eigenvalue weighted by molar-refractivity contribution is -0.137. The molecular weight excluding hydrogens is 276 g/mol. The molecule has 0 radical (unpaired) electrons. The summed E-state index contributed by atoms with van der Waals surface area (Å²) in [4.78, 5) is 17.5. The summed E-state index contributed by atoms with van der Waals surface area (Å²) in [5.41, 5.74) is -1.77. The normalized spacial score (nSPS) is 11.7. The molecule has 0 fully saturated rings. The number of hydrogen-bond donors (Lipinski definition) is 1. The van der Waals surface area contributed by atoms with Crippen molar-refractivity contribution >= 4 is 0 Å². The summed E-state index contributed by atoms with van der Waals surface area (Å²) >= 11 is 0. The molecule has 0 aliphatic carbocycles. The maximum atomic E-state index is 13.2. The fourth-order valence-electron chi connectivity index (χ4n) is 1.78. The maximum Gasteiger partial charge on any atom is 0.417 e. The molecule has 0 aliphatic rings. The highest BCUT2D eigenvalue weighted by Gasteiger charge is 2.34. The van der Waals surface area contributed by atoms with Crippen LogP contribution in [0.5, 0.6) is 0 Å². The zero-order valence-electron chi connectivity index (χ0n) is 10.4. The number of halogens is 4. The van der Waals surface area contributed by atoms with E-state index in [1.807, 2.05) is 0 Å². The zero-order valence-corrected chi connectivity index (χ0v) is 10.4. The topological polar surface area (TPSA) is 45.8 Å². The molecule has 1 aromatic heterocycles. The predicted molar refractivity (Wildman–Crippen MR) is 64.6 cm³/mol. The van der Waals surface area contributed by atoms with E-state index in [0.29, 0.717) is 30.3 Å². The number of nitrogens with one attached hydrogen (secondary N) is 1. The fourth-order valence-corrected chi connectivity index (χ4v) is 1.78. The highest BCUT2D eigenvalue weighted by molar-refractivity contribution is 5.61. The van der Waals surface area contributed by atoms with Crippen LogP contribution in [0.15, 0.2) is 29.1 Å². The van der Waals surface area contributed by atoms with Crippen molar-refractivity contribution < 1.29 is 17.6 Å². The minimum absolute atomic E-state index is 0.291. The van der Waals surface area contributed by atoms with Gasteiger partial charge in [0.15, 0.2) is 0 Å². The monoisotopic (exact) mass is 286 g/mol. The van der Waals surface area contributed by atoms with Crippen molar-refractivity contribution in [2.24, 2.45) is 0 Å². The second-order valence-corrected chi connectivity index (χ2v) is 4.13. The number of nitrogens with zero attached hydrogens (tertiary/aromatic N) is 1. The number of alkyl halides is 3. The number of aromatic nitrogens is 2. The Hall–Kier alpha value is -2.18. The Morgan fingerprint density at radius 1 is 1.25 bits per heavy atom. The molecule has 1 aromatic carbocycles. The third kappa shape index (κ3) is 2.87. The van der Waals surface area contributed by atoms with Gasteiger partial charge in [-0.1, -0.05) is 6.92 Å². The first kappa shape index (κ1) is 14.2. The Balaban J connectivity index is 2.71. The van der Waals surface area contributed by atoms with Gasteiger partial charge in [0.2, 0.25) is 0 Å². The number of rotatable bonds is 2. The van der Waals surface area contributed by atoms with Gasteiger partial charge < -0.3 is 4.98 Å². The Morgan fingerprint density at radius 3 is 2.55 bits per heavy atom. The minimum Gasteiger partial charge on any atom is -0.307 e. The van der Waals surface area contributed by atoms with Crippen LogP contribution in [-0.4, -0.2) is 9.97 Å². The summed E-state index contributed by atoms with van der Waals surface area (Å²) < 4.78 is 51.9. The molecule has 1 heterocycles. The van der Waals surface area contributed by atoms with E-state index in [4.69, 9.17) is 0 Å². The van der Waals surface area contributed by atoms with Crippen molar-refractivity contribution in [2.75, 3.05) is 0 Å².